The van der Waals surface area contributed by atoms with Crippen LogP contribution in [-0.4, -0.2) is 12.5 Å². The van der Waals surface area contributed by atoms with E-state index in [2.05, 4.69) is 5.32 Å². The molecule has 1 atom stereocenters. The first-order valence-electron chi connectivity index (χ1n) is 6.34. The van der Waals surface area contributed by atoms with Gasteiger partial charge in [-0.15, -0.1) is 0 Å². The molecule has 0 aliphatic heterocycles. The van der Waals surface area contributed by atoms with Crippen LogP contribution < -0.4 is 11.1 Å². The zero-order chi connectivity index (χ0) is 13.7. The molecular formula is C16H18N2O. The van der Waals surface area contributed by atoms with Crippen LogP contribution in [0.2, 0.25) is 0 Å². The topological polar surface area (TPSA) is 55.1 Å². The number of carbonyl (C=O) groups is 1. The van der Waals surface area contributed by atoms with Gasteiger partial charge < -0.3 is 11.1 Å². The number of aryl methyl sites for hydroxylation is 1. The van der Waals surface area contributed by atoms with Crippen molar-refractivity contribution in [3.8, 4) is 0 Å². The van der Waals surface area contributed by atoms with Gasteiger partial charge in [-0.25, -0.2) is 0 Å². The van der Waals surface area contributed by atoms with E-state index in [9.17, 15) is 4.79 Å². The predicted molar refractivity (Wildman–Crippen MR) is 76.9 cm³/mol. The molecule has 0 aliphatic rings. The van der Waals surface area contributed by atoms with Gasteiger partial charge in [0.25, 0.3) is 5.91 Å². The molecule has 2 aromatic rings. The highest BCUT2D eigenvalue weighted by molar-refractivity contribution is 5.95. The van der Waals surface area contributed by atoms with E-state index in [1.165, 1.54) is 0 Å². The normalized spacial score (nSPS) is 11.9. The zero-order valence-corrected chi connectivity index (χ0v) is 11.0. The van der Waals surface area contributed by atoms with Crippen molar-refractivity contribution in [1.82, 2.24) is 5.32 Å². The van der Waals surface area contributed by atoms with Crippen LogP contribution in [0.25, 0.3) is 0 Å². The van der Waals surface area contributed by atoms with Crippen molar-refractivity contribution in [3.63, 3.8) is 0 Å². The molecule has 0 unspecified atom stereocenters. The Hall–Kier alpha value is -2.13. The third kappa shape index (κ3) is 3.20. The maximum atomic E-state index is 12.2. The van der Waals surface area contributed by atoms with E-state index in [0.717, 1.165) is 11.1 Å². The molecule has 3 nitrogen and oxygen atoms in total. The van der Waals surface area contributed by atoms with Gasteiger partial charge in [0.05, 0.1) is 6.04 Å². The molecule has 0 saturated carbocycles. The average molecular weight is 254 g/mol. The maximum absolute atomic E-state index is 12.2. The molecule has 0 aromatic heterocycles. The van der Waals surface area contributed by atoms with Crippen molar-refractivity contribution in [2.24, 2.45) is 5.73 Å². The first-order chi connectivity index (χ1) is 9.22. The van der Waals surface area contributed by atoms with Gasteiger partial charge in [0.1, 0.15) is 0 Å². The largest absolute Gasteiger partial charge is 0.344 e. The highest BCUT2D eigenvalue weighted by Crippen LogP contribution is 2.13. The molecule has 0 aliphatic carbocycles. The van der Waals surface area contributed by atoms with Gasteiger partial charge >= 0.3 is 0 Å². The second-order valence-electron chi connectivity index (χ2n) is 4.49. The van der Waals surface area contributed by atoms with Gasteiger partial charge in [-0.1, -0.05) is 48.5 Å². The van der Waals surface area contributed by atoms with E-state index in [1.807, 2.05) is 61.5 Å². The van der Waals surface area contributed by atoms with Gasteiger partial charge in [-0.3, -0.25) is 4.79 Å². The van der Waals surface area contributed by atoms with Crippen LogP contribution in [-0.2, 0) is 0 Å². The number of nitrogens with one attached hydrogen (secondary N) is 1. The molecule has 0 bridgehead atoms. The smallest absolute Gasteiger partial charge is 0.252 e. The zero-order valence-electron chi connectivity index (χ0n) is 11.0. The first-order valence-corrected chi connectivity index (χ1v) is 6.34. The maximum Gasteiger partial charge on any atom is 0.252 e. The Labute approximate surface area is 113 Å². The van der Waals surface area contributed by atoms with Gasteiger partial charge in [0.15, 0.2) is 0 Å². The first kappa shape index (κ1) is 13.3. The Bertz CT molecular complexity index is 552. The predicted octanol–water partition coefficient (Wildman–Crippen LogP) is 2.42. The van der Waals surface area contributed by atoms with E-state index in [1.54, 1.807) is 0 Å². The average Bonchev–Trinajstić information content (AvgIpc) is 2.46. The summed E-state index contributed by atoms with van der Waals surface area (Å²) < 4.78 is 0. The van der Waals surface area contributed by atoms with Crippen molar-refractivity contribution in [2.75, 3.05) is 6.54 Å². The van der Waals surface area contributed by atoms with Crippen LogP contribution in [0.4, 0.5) is 0 Å². The lowest BCUT2D eigenvalue weighted by Crippen LogP contribution is -2.33. The fourth-order valence-electron chi connectivity index (χ4n) is 2.03. The van der Waals surface area contributed by atoms with Crippen LogP contribution in [0, 0.1) is 6.92 Å². The van der Waals surface area contributed by atoms with Crippen LogP contribution in [0.3, 0.4) is 0 Å². The number of carbonyl (C=O) groups excluding carboxylic acids is 1. The van der Waals surface area contributed by atoms with Crippen molar-refractivity contribution < 1.29 is 4.79 Å². The molecule has 0 radical (unpaired) electrons. The Morgan fingerprint density at radius 1 is 1.11 bits per heavy atom. The number of hydrogen-bond acceptors (Lipinski definition) is 2. The quantitative estimate of drug-likeness (QED) is 0.880. The van der Waals surface area contributed by atoms with E-state index in [0.29, 0.717) is 12.1 Å². The fourth-order valence-corrected chi connectivity index (χ4v) is 2.03. The Kier molecular flexibility index (Phi) is 4.31. The molecule has 0 spiro atoms. The molecule has 3 heteroatoms. The highest BCUT2D eigenvalue weighted by Gasteiger charge is 2.15. The summed E-state index contributed by atoms with van der Waals surface area (Å²) in [6.45, 7) is 2.30. The number of nitrogens with two attached hydrogens (primary N) is 1. The SMILES string of the molecule is Cc1ccccc1C(=O)N[C@@H](CN)c1ccccc1. The van der Waals surface area contributed by atoms with Crippen LogP contribution in [0.5, 0.6) is 0 Å². The molecule has 1 amide bonds. The Morgan fingerprint density at radius 3 is 2.37 bits per heavy atom. The lowest BCUT2D eigenvalue weighted by atomic mass is 10.0. The Balaban J connectivity index is 2.16. The highest BCUT2D eigenvalue weighted by atomic mass is 16.1. The van der Waals surface area contributed by atoms with Crippen LogP contribution in [0.15, 0.2) is 54.6 Å². The van der Waals surface area contributed by atoms with Crippen LogP contribution in [0.1, 0.15) is 27.5 Å². The van der Waals surface area contributed by atoms with Crippen LogP contribution >= 0.6 is 0 Å². The van der Waals surface area contributed by atoms with Gasteiger partial charge in [0.2, 0.25) is 0 Å². The Morgan fingerprint density at radius 2 is 1.74 bits per heavy atom. The third-order valence-corrected chi connectivity index (χ3v) is 3.13. The molecule has 19 heavy (non-hydrogen) atoms. The van der Waals surface area contributed by atoms with Gasteiger partial charge in [-0.05, 0) is 24.1 Å². The summed E-state index contributed by atoms with van der Waals surface area (Å²) in [4.78, 5) is 12.2. The molecule has 98 valence electrons. The summed E-state index contributed by atoms with van der Waals surface area (Å²) in [5.74, 6) is -0.0857. The lowest BCUT2D eigenvalue weighted by Gasteiger charge is -2.18. The molecule has 3 N–H and O–H groups in total. The summed E-state index contributed by atoms with van der Waals surface area (Å²) in [5.41, 5.74) is 8.43. The summed E-state index contributed by atoms with van der Waals surface area (Å²) in [7, 11) is 0. The summed E-state index contributed by atoms with van der Waals surface area (Å²) in [5, 5.41) is 2.98. The molecule has 0 fully saturated rings. The molecular weight excluding hydrogens is 236 g/mol. The van der Waals surface area contributed by atoms with Crippen molar-refractivity contribution in [2.45, 2.75) is 13.0 Å². The monoisotopic (exact) mass is 254 g/mol. The number of rotatable bonds is 4. The van der Waals surface area contributed by atoms with E-state index in [4.69, 9.17) is 5.73 Å². The van der Waals surface area contributed by atoms with Gasteiger partial charge in [0, 0.05) is 12.1 Å². The summed E-state index contributed by atoms with van der Waals surface area (Å²) in [6.07, 6.45) is 0. The standard InChI is InChI=1S/C16H18N2O/c1-12-7-5-6-10-14(12)16(19)18-15(11-17)13-8-3-2-4-9-13/h2-10,15H,11,17H2,1H3,(H,18,19)/t15-/m0/s1. The van der Waals surface area contributed by atoms with E-state index >= 15 is 0 Å². The molecule has 2 rings (SSSR count). The minimum Gasteiger partial charge on any atom is -0.344 e. The van der Waals surface area contributed by atoms with Crippen molar-refractivity contribution >= 4 is 5.91 Å². The van der Waals surface area contributed by atoms with Crippen molar-refractivity contribution in [3.05, 3.63) is 71.3 Å². The molecule has 2 aromatic carbocycles. The van der Waals surface area contributed by atoms with E-state index < -0.39 is 0 Å². The third-order valence-electron chi connectivity index (χ3n) is 3.13. The number of hydrogen-bond donors (Lipinski definition) is 2. The summed E-state index contributed by atoms with van der Waals surface area (Å²) in [6, 6.07) is 17.1. The molecule has 0 heterocycles. The number of benzene rings is 2. The van der Waals surface area contributed by atoms with Crippen molar-refractivity contribution in [1.29, 1.82) is 0 Å². The second kappa shape index (κ2) is 6.16. The molecule has 0 saturated heterocycles. The minimum absolute atomic E-state index is 0.0857. The van der Waals surface area contributed by atoms with E-state index in [-0.39, 0.29) is 11.9 Å². The van der Waals surface area contributed by atoms with Gasteiger partial charge in [-0.2, -0.15) is 0 Å². The summed E-state index contributed by atoms with van der Waals surface area (Å²) >= 11 is 0. The number of amides is 1. The second-order valence-corrected chi connectivity index (χ2v) is 4.49. The fraction of sp³-hybridized carbons (Fsp3) is 0.188. The minimum atomic E-state index is -0.159. The lowest BCUT2D eigenvalue weighted by molar-refractivity contribution is 0.0937.